The van der Waals surface area contributed by atoms with Gasteiger partial charge >= 0.3 is 0 Å². The molecule has 4 bridgehead atoms. The van der Waals surface area contributed by atoms with Gasteiger partial charge in [-0.05, 0) is 97.6 Å². The Morgan fingerprint density at radius 2 is 1.70 bits per heavy atom. The van der Waals surface area contributed by atoms with Gasteiger partial charge in [-0.25, -0.2) is 8.42 Å². The summed E-state index contributed by atoms with van der Waals surface area (Å²) in [5.74, 6) is 0.387. The molecule has 4 saturated carbocycles. The second-order valence-corrected chi connectivity index (χ2v) is 15.2. The monoisotopic (exact) mass is 583 g/mol. The normalized spacial score (nSPS) is 31.5. The highest BCUT2D eigenvalue weighted by atomic mass is 79.9. The van der Waals surface area contributed by atoms with Crippen molar-refractivity contribution in [3.8, 4) is 0 Å². The fourth-order valence-electron chi connectivity index (χ4n) is 8.51. The quantitative estimate of drug-likeness (QED) is 0.334. The van der Waals surface area contributed by atoms with Crippen molar-refractivity contribution in [2.75, 3.05) is 0 Å². The molecule has 4 aliphatic carbocycles. The van der Waals surface area contributed by atoms with Crippen molar-refractivity contribution >= 4 is 42.8 Å². The molecule has 5 atom stereocenters. The summed E-state index contributed by atoms with van der Waals surface area (Å²) in [7, 11) is -3.91. The lowest BCUT2D eigenvalue weighted by molar-refractivity contribution is -0.140. The molecular formula is C29H34BrN3O3S. The Bertz CT molecular complexity index is 1450. The number of hydrogen-bond acceptors (Lipinski definition) is 3. The van der Waals surface area contributed by atoms with Gasteiger partial charge in [-0.1, -0.05) is 48.0 Å². The van der Waals surface area contributed by atoms with Crippen molar-refractivity contribution in [1.82, 2.24) is 15.0 Å². The molecule has 0 aliphatic heterocycles. The van der Waals surface area contributed by atoms with Crippen molar-refractivity contribution in [1.29, 1.82) is 0 Å². The van der Waals surface area contributed by atoms with Crippen LogP contribution in [0.25, 0.3) is 10.9 Å². The van der Waals surface area contributed by atoms with Crippen LogP contribution in [0, 0.1) is 16.7 Å². The Morgan fingerprint density at radius 1 is 1.03 bits per heavy atom. The number of para-hydroxylation sites is 1. The highest BCUT2D eigenvalue weighted by Crippen LogP contribution is 2.66. The van der Waals surface area contributed by atoms with E-state index in [0.717, 1.165) is 40.2 Å². The number of fused-ring (bicyclic) bond motifs is 1. The van der Waals surface area contributed by atoms with Crippen LogP contribution in [0.2, 0.25) is 0 Å². The molecule has 6 nitrogen and oxygen atoms in total. The molecule has 0 saturated heterocycles. The van der Waals surface area contributed by atoms with Gasteiger partial charge in [-0.15, -0.1) is 0 Å². The minimum atomic E-state index is -3.91. The van der Waals surface area contributed by atoms with Gasteiger partial charge in [0.05, 0.1) is 4.90 Å². The van der Waals surface area contributed by atoms with E-state index in [0.29, 0.717) is 5.92 Å². The fourth-order valence-corrected chi connectivity index (χ4v) is 9.97. The van der Waals surface area contributed by atoms with E-state index in [1.807, 2.05) is 30.5 Å². The summed E-state index contributed by atoms with van der Waals surface area (Å²) in [6.07, 6.45) is 8.75. The number of rotatable bonds is 7. The molecule has 0 radical (unpaired) electrons. The SMILES string of the molecule is C[C@]12CC3CC(NC(=O)[C@H](Cc4c[nH]c5ccccc45)NS(=O)(=O)c4ccc(Br)cc4)(C1)C[C@@](C)(C3)C2. The molecule has 3 aromatic rings. The van der Waals surface area contributed by atoms with Crippen LogP contribution >= 0.6 is 15.9 Å². The van der Waals surface area contributed by atoms with Crippen LogP contribution in [0.1, 0.15) is 57.9 Å². The maximum Gasteiger partial charge on any atom is 0.241 e. The highest BCUT2D eigenvalue weighted by Gasteiger charge is 2.60. The van der Waals surface area contributed by atoms with E-state index in [-0.39, 0.29) is 33.6 Å². The third-order valence-electron chi connectivity index (χ3n) is 8.85. The van der Waals surface area contributed by atoms with E-state index in [4.69, 9.17) is 0 Å². The van der Waals surface area contributed by atoms with Gasteiger partial charge in [-0.3, -0.25) is 4.79 Å². The first-order chi connectivity index (χ1) is 17.5. The lowest BCUT2D eigenvalue weighted by Crippen LogP contribution is -2.67. The van der Waals surface area contributed by atoms with Crippen LogP contribution in [0.3, 0.4) is 0 Å². The first-order valence-electron chi connectivity index (χ1n) is 13.1. The van der Waals surface area contributed by atoms with Crippen LogP contribution in [-0.2, 0) is 21.2 Å². The Hall–Kier alpha value is -2.16. The van der Waals surface area contributed by atoms with Gasteiger partial charge in [0, 0.05) is 27.1 Å². The second kappa shape index (κ2) is 8.68. The summed E-state index contributed by atoms with van der Waals surface area (Å²) < 4.78 is 30.4. The molecular weight excluding hydrogens is 550 g/mol. The number of aromatic amines is 1. The molecule has 196 valence electrons. The number of sulfonamides is 1. The average Bonchev–Trinajstić information content (AvgIpc) is 3.19. The van der Waals surface area contributed by atoms with Gasteiger partial charge in [0.1, 0.15) is 6.04 Å². The van der Waals surface area contributed by atoms with Gasteiger partial charge in [0.25, 0.3) is 0 Å². The zero-order chi connectivity index (χ0) is 26.1. The van der Waals surface area contributed by atoms with Crippen LogP contribution in [0.5, 0.6) is 0 Å². The summed E-state index contributed by atoms with van der Waals surface area (Å²) in [4.78, 5) is 17.4. The van der Waals surface area contributed by atoms with Gasteiger partial charge in [-0.2, -0.15) is 4.72 Å². The van der Waals surface area contributed by atoms with Crippen LogP contribution in [0.15, 0.2) is 64.1 Å². The third kappa shape index (κ3) is 4.77. The van der Waals surface area contributed by atoms with Crippen molar-refractivity contribution in [2.45, 2.75) is 75.3 Å². The number of carbonyl (C=O) groups is 1. The molecule has 8 heteroatoms. The number of hydrogen-bond donors (Lipinski definition) is 3. The molecule has 4 aliphatic rings. The van der Waals surface area contributed by atoms with Crippen molar-refractivity contribution in [2.24, 2.45) is 16.7 Å². The minimum Gasteiger partial charge on any atom is -0.361 e. The largest absolute Gasteiger partial charge is 0.361 e. The maximum atomic E-state index is 14.0. The lowest BCUT2D eigenvalue weighted by atomic mass is 9.43. The predicted molar refractivity (Wildman–Crippen MR) is 149 cm³/mol. The average molecular weight is 585 g/mol. The molecule has 7 rings (SSSR count). The number of halogens is 1. The first-order valence-corrected chi connectivity index (χ1v) is 15.4. The molecule has 2 aromatic carbocycles. The van der Waals surface area contributed by atoms with Crippen molar-refractivity contribution < 1.29 is 13.2 Å². The molecule has 1 heterocycles. The fraction of sp³-hybridized carbons (Fsp3) is 0.483. The van der Waals surface area contributed by atoms with E-state index < -0.39 is 16.1 Å². The first kappa shape index (κ1) is 25.1. The molecule has 2 unspecified atom stereocenters. The van der Waals surface area contributed by atoms with E-state index in [9.17, 15) is 13.2 Å². The summed E-state index contributed by atoms with van der Waals surface area (Å²) in [5, 5.41) is 4.43. The number of carbonyl (C=O) groups excluding carboxylic acids is 1. The molecule has 1 aromatic heterocycles. The topological polar surface area (TPSA) is 91.1 Å². The van der Waals surface area contributed by atoms with E-state index in [1.54, 1.807) is 24.3 Å². The zero-order valence-electron chi connectivity index (χ0n) is 21.3. The van der Waals surface area contributed by atoms with E-state index in [2.05, 4.69) is 44.8 Å². The zero-order valence-corrected chi connectivity index (χ0v) is 23.7. The highest BCUT2D eigenvalue weighted by molar-refractivity contribution is 9.10. The third-order valence-corrected chi connectivity index (χ3v) is 10.9. The maximum absolute atomic E-state index is 14.0. The summed E-state index contributed by atoms with van der Waals surface area (Å²) >= 11 is 3.36. The van der Waals surface area contributed by atoms with Crippen LogP contribution < -0.4 is 10.0 Å². The number of H-pyrrole nitrogens is 1. The van der Waals surface area contributed by atoms with E-state index >= 15 is 0 Å². The number of nitrogens with one attached hydrogen (secondary N) is 3. The Labute approximate surface area is 227 Å². The standard InChI is InChI=1S/C29H34BrN3O3S/c1-27-12-19-13-28(2,16-27)18-29(14-19,17-27)32-26(34)25(11-20-15-31-24-6-4-3-5-23(20)24)33-37(35,36)22-9-7-21(30)8-10-22/h3-10,15,19,25,31,33H,11-14,16-18H2,1-2H3,(H,32,34)/t19?,25-,27-,28+,29?/m0/s1. The Balaban J connectivity index is 1.31. The number of amides is 1. The van der Waals surface area contributed by atoms with Gasteiger partial charge < -0.3 is 10.3 Å². The Kier molecular flexibility index (Phi) is 5.90. The summed E-state index contributed by atoms with van der Waals surface area (Å²) in [6.45, 7) is 4.74. The van der Waals surface area contributed by atoms with Gasteiger partial charge in [0.2, 0.25) is 15.9 Å². The van der Waals surface area contributed by atoms with Crippen LogP contribution in [-0.4, -0.2) is 30.9 Å². The summed E-state index contributed by atoms with van der Waals surface area (Å²) in [5.41, 5.74) is 2.10. The predicted octanol–water partition coefficient (Wildman–Crippen LogP) is 5.69. The Morgan fingerprint density at radius 3 is 2.38 bits per heavy atom. The molecule has 3 N–H and O–H groups in total. The smallest absolute Gasteiger partial charge is 0.241 e. The van der Waals surface area contributed by atoms with Gasteiger partial charge in [0.15, 0.2) is 0 Å². The van der Waals surface area contributed by atoms with Crippen LogP contribution in [0.4, 0.5) is 0 Å². The molecule has 37 heavy (non-hydrogen) atoms. The summed E-state index contributed by atoms with van der Waals surface area (Å²) in [6, 6.07) is 13.5. The van der Waals surface area contributed by atoms with Crippen molar-refractivity contribution in [3.63, 3.8) is 0 Å². The number of aromatic nitrogens is 1. The molecule has 1 amide bonds. The molecule has 0 spiro atoms. The molecule has 4 fully saturated rings. The van der Waals surface area contributed by atoms with E-state index in [1.165, 1.54) is 19.3 Å². The second-order valence-electron chi connectivity index (χ2n) is 12.6. The minimum absolute atomic E-state index is 0.141. The number of benzene rings is 2. The lowest BCUT2D eigenvalue weighted by Gasteiger charge is -2.65. The van der Waals surface area contributed by atoms with Crippen molar-refractivity contribution in [3.05, 3.63) is 64.8 Å².